The number of carboxylic acids is 1. The Morgan fingerprint density at radius 1 is 1.59 bits per heavy atom. The fraction of sp³-hybridized carbons (Fsp3) is 0.462. The summed E-state index contributed by atoms with van der Waals surface area (Å²) in [6.45, 7) is 2.06. The van der Waals surface area contributed by atoms with Crippen LogP contribution in [0.4, 0.5) is 0 Å². The van der Waals surface area contributed by atoms with Crippen molar-refractivity contribution in [2.24, 2.45) is 11.8 Å². The van der Waals surface area contributed by atoms with E-state index in [2.05, 4.69) is 40.3 Å². The van der Waals surface area contributed by atoms with E-state index in [1.807, 2.05) is 13.1 Å². The average Bonchev–Trinajstić information content (AvgIpc) is 3.04. The maximum Gasteiger partial charge on any atom is 0.306 e. The molecule has 0 heterocycles. The summed E-state index contributed by atoms with van der Waals surface area (Å²) in [5.41, 5.74) is 2.39. The molecule has 0 aromatic heterocycles. The van der Waals surface area contributed by atoms with Crippen molar-refractivity contribution in [3.8, 4) is 0 Å². The van der Waals surface area contributed by atoms with E-state index >= 15 is 0 Å². The summed E-state index contributed by atoms with van der Waals surface area (Å²) >= 11 is 3.46. The minimum atomic E-state index is -0.678. The molecule has 3 atom stereocenters. The zero-order chi connectivity index (χ0) is 12.6. The molecule has 1 aliphatic carbocycles. The number of aliphatic carboxylic acids is 1. The van der Waals surface area contributed by atoms with Gasteiger partial charge in [0.25, 0.3) is 0 Å². The van der Waals surface area contributed by atoms with Crippen molar-refractivity contribution < 1.29 is 9.90 Å². The monoisotopic (exact) mass is 297 g/mol. The van der Waals surface area contributed by atoms with Crippen LogP contribution in [0.5, 0.6) is 0 Å². The third kappa shape index (κ3) is 2.53. The van der Waals surface area contributed by atoms with Crippen LogP contribution in [-0.4, -0.2) is 18.1 Å². The van der Waals surface area contributed by atoms with Crippen molar-refractivity contribution in [1.29, 1.82) is 0 Å². The van der Waals surface area contributed by atoms with Gasteiger partial charge in [0.2, 0.25) is 0 Å². The molecular formula is C13H16BrNO2. The number of nitrogens with one attached hydrogen (secondary N) is 1. The van der Waals surface area contributed by atoms with Crippen molar-refractivity contribution in [1.82, 2.24) is 5.32 Å². The molecule has 1 aliphatic rings. The Balaban J connectivity index is 2.24. The second kappa shape index (κ2) is 4.78. The quantitative estimate of drug-likeness (QED) is 0.898. The van der Waals surface area contributed by atoms with Gasteiger partial charge in [-0.1, -0.05) is 22.0 Å². The lowest BCUT2D eigenvalue weighted by molar-refractivity contribution is -0.138. The topological polar surface area (TPSA) is 49.3 Å². The van der Waals surface area contributed by atoms with E-state index < -0.39 is 5.97 Å². The van der Waals surface area contributed by atoms with Crippen LogP contribution in [0.15, 0.2) is 22.7 Å². The van der Waals surface area contributed by atoms with E-state index in [4.69, 9.17) is 5.11 Å². The van der Waals surface area contributed by atoms with Crippen LogP contribution in [0.1, 0.15) is 23.6 Å². The molecule has 0 radical (unpaired) electrons. The van der Waals surface area contributed by atoms with E-state index in [1.165, 1.54) is 11.1 Å². The maximum absolute atomic E-state index is 10.9. The third-order valence-electron chi connectivity index (χ3n) is 3.47. The number of carboxylic acid groups (broad SMARTS) is 1. The lowest BCUT2D eigenvalue weighted by atomic mass is 9.97. The van der Waals surface area contributed by atoms with Crippen molar-refractivity contribution in [2.45, 2.75) is 19.4 Å². The lowest BCUT2D eigenvalue weighted by Crippen LogP contribution is -2.21. The standard InChI is InChI=1S/C13H16BrNO2/c1-7-3-4-8(14)5-9(7)12(15-2)10-6-11(10)13(16)17/h3-5,10-12,15H,6H2,1-2H3,(H,16,17). The van der Waals surface area contributed by atoms with Crippen LogP contribution < -0.4 is 5.32 Å². The molecule has 0 aliphatic heterocycles. The van der Waals surface area contributed by atoms with Gasteiger partial charge < -0.3 is 10.4 Å². The van der Waals surface area contributed by atoms with Crippen molar-refractivity contribution in [3.63, 3.8) is 0 Å². The molecule has 1 saturated carbocycles. The zero-order valence-corrected chi connectivity index (χ0v) is 11.5. The van der Waals surface area contributed by atoms with Gasteiger partial charge in [0.1, 0.15) is 0 Å². The summed E-state index contributed by atoms with van der Waals surface area (Å²) in [5.74, 6) is -0.653. The summed E-state index contributed by atoms with van der Waals surface area (Å²) in [5, 5.41) is 12.3. The Labute approximate surface area is 109 Å². The second-order valence-corrected chi connectivity index (χ2v) is 5.53. The first-order valence-electron chi connectivity index (χ1n) is 5.70. The Kier molecular flexibility index (Phi) is 3.54. The molecule has 2 rings (SSSR count). The van der Waals surface area contributed by atoms with Crippen LogP contribution in [0.3, 0.4) is 0 Å². The lowest BCUT2D eigenvalue weighted by Gasteiger charge is -2.19. The van der Waals surface area contributed by atoms with E-state index in [0.717, 1.165) is 10.9 Å². The van der Waals surface area contributed by atoms with Crippen molar-refractivity contribution in [2.75, 3.05) is 7.05 Å². The highest BCUT2D eigenvalue weighted by Crippen LogP contribution is 2.48. The Morgan fingerprint density at radius 2 is 2.29 bits per heavy atom. The normalized spacial score (nSPS) is 24.4. The molecule has 0 spiro atoms. The number of benzene rings is 1. The van der Waals surface area contributed by atoms with Crippen LogP contribution in [0.25, 0.3) is 0 Å². The first-order valence-corrected chi connectivity index (χ1v) is 6.50. The molecule has 2 N–H and O–H groups in total. The molecule has 0 amide bonds. The summed E-state index contributed by atoms with van der Waals surface area (Å²) < 4.78 is 1.03. The fourth-order valence-electron chi connectivity index (χ4n) is 2.41. The van der Waals surface area contributed by atoms with Gasteiger partial charge in [0.15, 0.2) is 0 Å². The van der Waals surface area contributed by atoms with Crippen molar-refractivity contribution in [3.05, 3.63) is 33.8 Å². The van der Waals surface area contributed by atoms with E-state index in [1.54, 1.807) is 0 Å². The average molecular weight is 298 g/mol. The number of halogens is 1. The highest BCUT2D eigenvalue weighted by molar-refractivity contribution is 9.10. The molecule has 3 nitrogen and oxygen atoms in total. The minimum absolute atomic E-state index is 0.133. The van der Waals surface area contributed by atoms with Crippen molar-refractivity contribution >= 4 is 21.9 Å². The summed E-state index contributed by atoms with van der Waals surface area (Å²) in [4.78, 5) is 10.9. The predicted molar refractivity (Wildman–Crippen MR) is 69.9 cm³/mol. The zero-order valence-electron chi connectivity index (χ0n) is 9.90. The van der Waals surface area contributed by atoms with Gasteiger partial charge in [-0.15, -0.1) is 0 Å². The Morgan fingerprint density at radius 3 is 2.82 bits per heavy atom. The van der Waals surface area contributed by atoms with E-state index in [0.29, 0.717) is 0 Å². The smallest absolute Gasteiger partial charge is 0.306 e. The number of hydrogen-bond donors (Lipinski definition) is 2. The van der Waals surface area contributed by atoms with Gasteiger partial charge in [-0.25, -0.2) is 0 Å². The number of rotatable bonds is 4. The van der Waals surface area contributed by atoms with Crippen LogP contribution in [-0.2, 0) is 4.79 Å². The minimum Gasteiger partial charge on any atom is -0.481 e. The molecule has 1 fully saturated rings. The Bertz CT molecular complexity index is 447. The predicted octanol–water partition coefficient (Wildman–Crippen LogP) is 2.74. The molecule has 17 heavy (non-hydrogen) atoms. The molecule has 1 aromatic carbocycles. The van der Waals surface area contributed by atoms with Gasteiger partial charge in [-0.2, -0.15) is 0 Å². The van der Waals surface area contributed by atoms with E-state index in [9.17, 15) is 4.79 Å². The van der Waals surface area contributed by atoms with Gasteiger partial charge >= 0.3 is 5.97 Å². The molecule has 0 bridgehead atoms. The number of aryl methyl sites for hydroxylation is 1. The second-order valence-electron chi connectivity index (χ2n) is 4.61. The molecular weight excluding hydrogens is 282 g/mol. The van der Waals surface area contributed by atoms with Crippen LogP contribution >= 0.6 is 15.9 Å². The molecule has 3 unspecified atom stereocenters. The summed E-state index contributed by atoms with van der Waals surface area (Å²) in [6.07, 6.45) is 0.771. The van der Waals surface area contributed by atoms with Gasteiger partial charge in [0.05, 0.1) is 5.92 Å². The fourth-order valence-corrected chi connectivity index (χ4v) is 2.79. The molecule has 1 aromatic rings. The first kappa shape index (κ1) is 12.6. The number of hydrogen-bond acceptors (Lipinski definition) is 2. The van der Waals surface area contributed by atoms with Gasteiger partial charge in [0, 0.05) is 10.5 Å². The van der Waals surface area contributed by atoms with E-state index in [-0.39, 0.29) is 17.9 Å². The highest BCUT2D eigenvalue weighted by Gasteiger charge is 2.48. The number of carbonyl (C=O) groups is 1. The third-order valence-corrected chi connectivity index (χ3v) is 3.97. The highest BCUT2D eigenvalue weighted by atomic mass is 79.9. The van der Waals surface area contributed by atoms with Crippen LogP contribution in [0.2, 0.25) is 0 Å². The SMILES string of the molecule is CNC(c1cc(Br)ccc1C)C1CC1C(=O)O. The molecule has 0 saturated heterocycles. The van der Waals surface area contributed by atoms with Crippen LogP contribution in [0, 0.1) is 18.8 Å². The summed E-state index contributed by atoms with van der Waals surface area (Å²) in [6, 6.07) is 6.27. The van der Waals surface area contributed by atoms with Gasteiger partial charge in [-0.05, 0) is 49.6 Å². The maximum atomic E-state index is 10.9. The molecule has 4 heteroatoms. The Hall–Kier alpha value is -0.870. The molecule has 92 valence electrons. The van der Waals surface area contributed by atoms with Gasteiger partial charge in [-0.3, -0.25) is 4.79 Å². The summed E-state index contributed by atoms with van der Waals surface area (Å²) in [7, 11) is 1.89. The largest absolute Gasteiger partial charge is 0.481 e. The first-order chi connectivity index (χ1) is 8.04.